The third-order valence-electron chi connectivity index (χ3n) is 4.99. The van der Waals surface area contributed by atoms with Gasteiger partial charge in [-0.05, 0) is 61.4 Å². The molecule has 1 unspecified atom stereocenters. The Morgan fingerprint density at radius 1 is 1.12 bits per heavy atom. The largest absolute Gasteiger partial charge is 0.487 e. The Hall–Kier alpha value is -3.16. The van der Waals surface area contributed by atoms with Crippen LogP contribution in [0.4, 0.5) is 0 Å². The van der Waals surface area contributed by atoms with Gasteiger partial charge >= 0.3 is 0 Å². The van der Waals surface area contributed by atoms with Gasteiger partial charge in [-0.1, -0.05) is 42.1 Å². The summed E-state index contributed by atoms with van der Waals surface area (Å²) in [5.74, 6) is 1.48. The standard InChI is InChI=1S/C26H25N3O2S2/c1-18-16-32-26(28-18)33-17-20-9-11-21(12-10-20)25(30)29-19(2)22-6-5-8-24(14-22)31-15-23-7-3-4-13-27-23/h3-14,16,19H,15,17H2,1-2H3,(H,29,30). The van der Waals surface area contributed by atoms with E-state index in [1.807, 2.05) is 80.6 Å². The summed E-state index contributed by atoms with van der Waals surface area (Å²) < 4.78 is 6.93. The summed E-state index contributed by atoms with van der Waals surface area (Å²) in [5.41, 5.74) is 4.70. The number of thioether (sulfide) groups is 1. The molecular formula is C26H25N3O2S2. The fourth-order valence-corrected chi connectivity index (χ4v) is 4.98. The Labute approximate surface area is 202 Å². The van der Waals surface area contributed by atoms with Gasteiger partial charge in [0.1, 0.15) is 16.7 Å². The molecule has 0 bridgehead atoms. The summed E-state index contributed by atoms with van der Waals surface area (Å²) >= 11 is 3.37. The van der Waals surface area contributed by atoms with Gasteiger partial charge in [-0.3, -0.25) is 9.78 Å². The first-order valence-electron chi connectivity index (χ1n) is 10.6. The minimum Gasteiger partial charge on any atom is -0.487 e. The summed E-state index contributed by atoms with van der Waals surface area (Å²) in [4.78, 5) is 21.5. The minimum atomic E-state index is -0.153. The topological polar surface area (TPSA) is 64.1 Å². The first-order chi connectivity index (χ1) is 16.1. The van der Waals surface area contributed by atoms with Gasteiger partial charge in [0.15, 0.2) is 0 Å². The maximum atomic E-state index is 12.8. The lowest BCUT2D eigenvalue weighted by molar-refractivity contribution is 0.0940. The number of aryl methyl sites for hydroxylation is 1. The molecule has 7 heteroatoms. The molecule has 0 aliphatic heterocycles. The van der Waals surface area contributed by atoms with Crippen LogP contribution in [0.25, 0.3) is 0 Å². The van der Waals surface area contributed by atoms with Crippen molar-refractivity contribution < 1.29 is 9.53 Å². The normalized spacial score (nSPS) is 11.7. The van der Waals surface area contributed by atoms with Crippen LogP contribution >= 0.6 is 23.1 Å². The second-order valence-electron chi connectivity index (χ2n) is 7.62. The number of aromatic nitrogens is 2. The fraction of sp³-hybridized carbons (Fsp3) is 0.192. The Morgan fingerprint density at radius 3 is 2.70 bits per heavy atom. The average Bonchev–Trinajstić information content (AvgIpc) is 3.27. The zero-order chi connectivity index (χ0) is 23.0. The molecule has 0 fully saturated rings. The number of carbonyl (C=O) groups is 1. The number of rotatable bonds is 9. The van der Waals surface area contributed by atoms with E-state index in [1.165, 1.54) is 0 Å². The summed E-state index contributed by atoms with van der Waals surface area (Å²) in [6, 6.07) is 21.1. The zero-order valence-corrected chi connectivity index (χ0v) is 20.2. The lowest BCUT2D eigenvalue weighted by atomic mass is 10.1. The van der Waals surface area contributed by atoms with E-state index in [1.54, 1.807) is 29.3 Å². The number of nitrogens with one attached hydrogen (secondary N) is 1. The molecule has 0 aliphatic rings. The van der Waals surface area contributed by atoms with Gasteiger partial charge in [0.25, 0.3) is 5.91 Å². The van der Waals surface area contributed by atoms with Gasteiger partial charge in [-0.25, -0.2) is 4.98 Å². The summed E-state index contributed by atoms with van der Waals surface area (Å²) in [6.07, 6.45) is 1.75. The van der Waals surface area contributed by atoms with Crippen molar-refractivity contribution in [2.45, 2.75) is 36.6 Å². The summed E-state index contributed by atoms with van der Waals surface area (Å²) in [7, 11) is 0. The van der Waals surface area contributed by atoms with Crippen LogP contribution in [-0.4, -0.2) is 15.9 Å². The third-order valence-corrected chi connectivity index (χ3v) is 7.20. The van der Waals surface area contributed by atoms with Crippen LogP contribution in [0, 0.1) is 6.92 Å². The van der Waals surface area contributed by atoms with Crippen molar-refractivity contribution in [3.8, 4) is 5.75 Å². The van der Waals surface area contributed by atoms with E-state index in [0.29, 0.717) is 12.2 Å². The number of carbonyl (C=O) groups excluding carboxylic acids is 1. The molecule has 0 saturated carbocycles. The van der Waals surface area contributed by atoms with Crippen molar-refractivity contribution >= 4 is 29.0 Å². The highest BCUT2D eigenvalue weighted by Crippen LogP contribution is 2.26. The minimum absolute atomic E-state index is 0.0999. The van der Waals surface area contributed by atoms with E-state index >= 15 is 0 Å². The van der Waals surface area contributed by atoms with Gasteiger partial charge in [0.2, 0.25) is 0 Å². The van der Waals surface area contributed by atoms with Crippen LogP contribution < -0.4 is 10.1 Å². The molecular weight excluding hydrogens is 450 g/mol. The summed E-state index contributed by atoms with van der Waals surface area (Å²) in [6.45, 7) is 4.37. The maximum absolute atomic E-state index is 12.8. The number of benzene rings is 2. The number of nitrogens with zero attached hydrogens (tertiary/aromatic N) is 2. The second kappa shape index (κ2) is 11.1. The van der Waals surface area contributed by atoms with Gasteiger partial charge in [-0.15, -0.1) is 11.3 Å². The number of hydrogen-bond donors (Lipinski definition) is 1. The van der Waals surface area contributed by atoms with Gasteiger partial charge in [0, 0.05) is 28.6 Å². The van der Waals surface area contributed by atoms with Crippen molar-refractivity contribution in [3.05, 3.63) is 106 Å². The van der Waals surface area contributed by atoms with E-state index in [-0.39, 0.29) is 11.9 Å². The van der Waals surface area contributed by atoms with Crippen LogP contribution in [0.1, 0.15) is 45.8 Å². The first-order valence-corrected chi connectivity index (χ1v) is 12.5. The monoisotopic (exact) mass is 475 g/mol. The SMILES string of the molecule is Cc1csc(SCc2ccc(C(=O)NC(C)c3cccc(OCc4ccccn4)c3)cc2)n1. The van der Waals surface area contributed by atoms with E-state index < -0.39 is 0 Å². The van der Waals surface area contributed by atoms with E-state index in [0.717, 1.165) is 38.4 Å². The highest BCUT2D eigenvalue weighted by atomic mass is 32.2. The van der Waals surface area contributed by atoms with Crippen molar-refractivity contribution in [2.75, 3.05) is 0 Å². The van der Waals surface area contributed by atoms with Crippen LogP contribution in [0.3, 0.4) is 0 Å². The van der Waals surface area contributed by atoms with Crippen molar-refractivity contribution in [2.24, 2.45) is 0 Å². The molecule has 0 aliphatic carbocycles. The number of pyridine rings is 1. The average molecular weight is 476 g/mol. The van der Waals surface area contributed by atoms with Gasteiger partial charge in [0.05, 0.1) is 11.7 Å². The molecule has 1 atom stereocenters. The predicted octanol–water partition coefficient (Wildman–Crippen LogP) is 6.21. The second-order valence-corrected chi connectivity index (χ2v) is 9.70. The number of hydrogen-bond acceptors (Lipinski definition) is 6. The first kappa shape index (κ1) is 23.0. The Kier molecular flexibility index (Phi) is 7.75. The zero-order valence-electron chi connectivity index (χ0n) is 18.5. The quantitative estimate of drug-likeness (QED) is 0.292. The summed E-state index contributed by atoms with van der Waals surface area (Å²) in [5, 5.41) is 5.13. The van der Waals surface area contributed by atoms with Crippen LogP contribution in [0.15, 0.2) is 82.6 Å². The van der Waals surface area contributed by atoms with Crippen LogP contribution in [0.2, 0.25) is 0 Å². The van der Waals surface area contributed by atoms with Gasteiger partial charge < -0.3 is 10.1 Å². The van der Waals surface area contributed by atoms with Crippen molar-refractivity contribution in [3.63, 3.8) is 0 Å². The molecule has 4 rings (SSSR count). The molecule has 168 valence electrons. The highest BCUT2D eigenvalue weighted by molar-refractivity contribution is 8.00. The Balaban J connectivity index is 1.31. The molecule has 2 aromatic heterocycles. The van der Waals surface area contributed by atoms with Crippen molar-refractivity contribution in [1.82, 2.24) is 15.3 Å². The maximum Gasteiger partial charge on any atom is 0.251 e. The number of amides is 1. The van der Waals surface area contributed by atoms with E-state index in [2.05, 4.69) is 20.7 Å². The van der Waals surface area contributed by atoms with Crippen LogP contribution in [-0.2, 0) is 12.4 Å². The van der Waals surface area contributed by atoms with E-state index in [9.17, 15) is 4.79 Å². The molecule has 2 heterocycles. The molecule has 2 aromatic carbocycles. The smallest absolute Gasteiger partial charge is 0.251 e. The highest BCUT2D eigenvalue weighted by Gasteiger charge is 2.12. The van der Waals surface area contributed by atoms with Gasteiger partial charge in [-0.2, -0.15) is 0 Å². The Bertz CT molecular complexity index is 1190. The molecule has 4 aromatic rings. The predicted molar refractivity (Wildman–Crippen MR) is 134 cm³/mol. The Morgan fingerprint density at radius 2 is 1.97 bits per heavy atom. The van der Waals surface area contributed by atoms with Crippen LogP contribution in [0.5, 0.6) is 5.75 Å². The lowest BCUT2D eigenvalue weighted by Crippen LogP contribution is -2.26. The molecule has 0 radical (unpaired) electrons. The molecule has 0 spiro atoms. The molecule has 0 saturated heterocycles. The third kappa shape index (κ3) is 6.66. The molecule has 1 N–H and O–H groups in total. The fourth-order valence-electron chi connectivity index (χ4n) is 3.17. The molecule has 5 nitrogen and oxygen atoms in total. The lowest BCUT2D eigenvalue weighted by Gasteiger charge is -2.16. The molecule has 33 heavy (non-hydrogen) atoms. The van der Waals surface area contributed by atoms with E-state index in [4.69, 9.17) is 4.74 Å². The number of ether oxygens (including phenoxy) is 1. The van der Waals surface area contributed by atoms with Crippen molar-refractivity contribution in [1.29, 1.82) is 0 Å². The number of thiazole rings is 1. The molecule has 1 amide bonds.